The molecule has 1 aromatic rings. The third-order valence-corrected chi connectivity index (χ3v) is 3.43. The SMILES string of the molecule is Cc1cc(CNCC(C)C)ccc1N1CC(=O)NC(=O)C1. The topological polar surface area (TPSA) is 61.4 Å². The Morgan fingerprint density at radius 3 is 2.48 bits per heavy atom. The van der Waals surface area contributed by atoms with Gasteiger partial charge in [-0.1, -0.05) is 26.0 Å². The lowest BCUT2D eigenvalue weighted by molar-refractivity contribution is -0.130. The van der Waals surface area contributed by atoms with Crippen LogP contribution < -0.4 is 15.5 Å². The molecule has 1 saturated heterocycles. The van der Waals surface area contributed by atoms with Crippen LogP contribution in [-0.2, 0) is 16.1 Å². The number of benzene rings is 1. The number of rotatable bonds is 5. The molecule has 2 N–H and O–H groups in total. The number of hydrogen-bond acceptors (Lipinski definition) is 4. The molecule has 0 atom stereocenters. The van der Waals surface area contributed by atoms with Crippen molar-refractivity contribution in [1.82, 2.24) is 10.6 Å². The second kappa shape index (κ2) is 6.72. The molecule has 5 heteroatoms. The average Bonchev–Trinajstić information content (AvgIpc) is 2.37. The highest BCUT2D eigenvalue weighted by atomic mass is 16.2. The van der Waals surface area contributed by atoms with Gasteiger partial charge < -0.3 is 10.2 Å². The zero-order valence-corrected chi connectivity index (χ0v) is 12.9. The van der Waals surface area contributed by atoms with Gasteiger partial charge in [0, 0.05) is 12.2 Å². The molecule has 114 valence electrons. The van der Waals surface area contributed by atoms with Crippen molar-refractivity contribution >= 4 is 17.5 Å². The lowest BCUT2D eigenvalue weighted by Crippen LogP contribution is -2.51. The maximum atomic E-state index is 11.5. The fraction of sp³-hybridized carbons (Fsp3) is 0.500. The molecule has 1 heterocycles. The monoisotopic (exact) mass is 289 g/mol. The van der Waals surface area contributed by atoms with Gasteiger partial charge in [-0.05, 0) is 36.6 Å². The molecule has 2 rings (SSSR count). The molecule has 1 aliphatic rings. The number of amides is 2. The Morgan fingerprint density at radius 2 is 1.90 bits per heavy atom. The largest absolute Gasteiger partial charge is 0.353 e. The fourth-order valence-corrected chi connectivity index (χ4v) is 2.50. The first-order valence-electron chi connectivity index (χ1n) is 7.33. The van der Waals surface area contributed by atoms with E-state index in [1.807, 2.05) is 24.0 Å². The molecule has 1 aliphatic heterocycles. The van der Waals surface area contributed by atoms with Crippen LogP contribution in [0.15, 0.2) is 18.2 Å². The van der Waals surface area contributed by atoms with Crippen molar-refractivity contribution in [2.45, 2.75) is 27.3 Å². The summed E-state index contributed by atoms with van der Waals surface area (Å²) in [5.41, 5.74) is 3.25. The molecule has 5 nitrogen and oxygen atoms in total. The van der Waals surface area contributed by atoms with E-state index in [9.17, 15) is 9.59 Å². The van der Waals surface area contributed by atoms with Gasteiger partial charge in [-0.25, -0.2) is 0 Å². The minimum absolute atomic E-state index is 0.234. The van der Waals surface area contributed by atoms with Gasteiger partial charge in [0.2, 0.25) is 11.8 Å². The van der Waals surface area contributed by atoms with Crippen molar-refractivity contribution in [3.8, 4) is 0 Å². The van der Waals surface area contributed by atoms with E-state index in [0.29, 0.717) is 5.92 Å². The quantitative estimate of drug-likeness (QED) is 0.800. The van der Waals surface area contributed by atoms with E-state index in [1.165, 1.54) is 5.56 Å². The van der Waals surface area contributed by atoms with Crippen LogP contribution in [0.1, 0.15) is 25.0 Å². The van der Waals surface area contributed by atoms with E-state index in [-0.39, 0.29) is 24.9 Å². The molecule has 1 fully saturated rings. The molecular formula is C16H23N3O2. The molecule has 0 spiro atoms. The van der Waals surface area contributed by atoms with Crippen LogP contribution >= 0.6 is 0 Å². The zero-order valence-electron chi connectivity index (χ0n) is 12.9. The van der Waals surface area contributed by atoms with Crippen molar-refractivity contribution in [2.24, 2.45) is 5.92 Å². The standard InChI is InChI=1S/C16H23N3O2/c1-11(2)7-17-8-13-4-5-14(12(3)6-13)19-9-15(20)18-16(21)10-19/h4-6,11,17H,7-10H2,1-3H3,(H,18,20,21). The summed E-state index contributed by atoms with van der Waals surface area (Å²) in [4.78, 5) is 24.7. The molecule has 0 aromatic heterocycles. The van der Waals surface area contributed by atoms with E-state index in [2.05, 4.69) is 30.5 Å². The molecule has 0 radical (unpaired) electrons. The minimum Gasteiger partial charge on any atom is -0.353 e. The van der Waals surface area contributed by atoms with Crippen LogP contribution in [0.3, 0.4) is 0 Å². The van der Waals surface area contributed by atoms with Crippen molar-refractivity contribution in [3.63, 3.8) is 0 Å². The van der Waals surface area contributed by atoms with E-state index in [4.69, 9.17) is 0 Å². The minimum atomic E-state index is -0.242. The summed E-state index contributed by atoms with van der Waals surface area (Å²) in [7, 11) is 0. The van der Waals surface area contributed by atoms with Crippen molar-refractivity contribution in [3.05, 3.63) is 29.3 Å². The Morgan fingerprint density at radius 1 is 1.24 bits per heavy atom. The predicted molar refractivity (Wildman–Crippen MR) is 83.1 cm³/mol. The van der Waals surface area contributed by atoms with Crippen LogP contribution in [-0.4, -0.2) is 31.4 Å². The van der Waals surface area contributed by atoms with Gasteiger partial charge in [0.05, 0.1) is 13.1 Å². The maximum absolute atomic E-state index is 11.5. The Kier molecular flexibility index (Phi) is 4.96. The lowest BCUT2D eigenvalue weighted by Gasteiger charge is -2.29. The zero-order chi connectivity index (χ0) is 15.4. The van der Waals surface area contributed by atoms with Gasteiger partial charge in [-0.2, -0.15) is 0 Å². The van der Waals surface area contributed by atoms with Crippen LogP contribution in [0.4, 0.5) is 5.69 Å². The third-order valence-electron chi connectivity index (χ3n) is 3.43. The molecule has 1 aromatic carbocycles. The molecular weight excluding hydrogens is 266 g/mol. The summed E-state index contributed by atoms with van der Waals surface area (Å²) in [5, 5.41) is 5.73. The Bertz CT molecular complexity index is 524. The predicted octanol–water partition coefficient (Wildman–Crippen LogP) is 1.20. The van der Waals surface area contributed by atoms with Gasteiger partial charge in [-0.15, -0.1) is 0 Å². The number of hydrogen-bond donors (Lipinski definition) is 2. The highest BCUT2D eigenvalue weighted by Crippen LogP contribution is 2.22. The van der Waals surface area contributed by atoms with Gasteiger partial charge >= 0.3 is 0 Å². The third kappa shape index (κ3) is 4.29. The summed E-state index contributed by atoms with van der Waals surface area (Å²) in [6, 6.07) is 6.15. The Balaban J connectivity index is 2.05. The second-order valence-corrected chi connectivity index (χ2v) is 5.97. The van der Waals surface area contributed by atoms with Gasteiger partial charge in [0.25, 0.3) is 0 Å². The highest BCUT2D eigenvalue weighted by molar-refractivity contribution is 6.02. The fourth-order valence-electron chi connectivity index (χ4n) is 2.50. The second-order valence-electron chi connectivity index (χ2n) is 5.97. The van der Waals surface area contributed by atoms with E-state index in [0.717, 1.165) is 24.3 Å². The average molecular weight is 289 g/mol. The molecule has 0 unspecified atom stereocenters. The Hall–Kier alpha value is -1.88. The summed E-state index contributed by atoms with van der Waals surface area (Å²) in [5.74, 6) is 0.143. The van der Waals surface area contributed by atoms with Gasteiger partial charge in [0.15, 0.2) is 0 Å². The number of nitrogens with zero attached hydrogens (tertiary/aromatic N) is 1. The summed E-state index contributed by atoms with van der Waals surface area (Å²) >= 11 is 0. The van der Waals surface area contributed by atoms with Crippen LogP contribution in [0, 0.1) is 12.8 Å². The first kappa shape index (κ1) is 15.5. The molecule has 21 heavy (non-hydrogen) atoms. The maximum Gasteiger partial charge on any atom is 0.246 e. The normalized spacial score (nSPS) is 15.5. The molecule has 0 bridgehead atoms. The van der Waals surface area contributed by atoms with E-state index >= 15 is 0 Å². The molecule has 0 aliphatic carbocycles. The number of aryl methyl sites for hydroxylation is 1. The number of nitrogens with one attached hydrogen (secondary N) is 2. The number of carbonyl (C=O) groups excluding carboxylic acids is 2. The van der Waals surface area contributed by atoms with E-state index < -0.39 is 0 Å². The van der Waals surface area contributed by atoms with Gasteiger partial charge in [-0.3, -0.25) is 14.9 Å². The van der Waals surface area contributed by atoms with Gasteiger partial charge in [0.1, 0.15) is 0 Å². The highest BCUT2D eigenvalue weighted by Gasteiger charge is 2.23. The van der Waals surface area contributed by atoms with Crippen molar-refractivity contribution in [2.75, 3.05) is 24.5 Å². The number of carbonyl (C=O) groups is 2. The first-order valence-corrected chi connectivity index (χ1v) is 7.33. The van der Waals surface area contributed by atoms with Crippen molar-refractivity contribution < 1.29 is 9.59 Å². The first-order chi connectivity index (χ1) is 9.95. The van der Waals surface area contributed by atoms with Crippen LogP contribution in [0.25, 0.3) is 0 Å². The summed E-state index contributed by atoms with van der Waals surface area (Å²) in [6.45, 7) is 8.66. The smallest absolute Gasteiger partial charge is 0.246 e. The van der Waals surface area contributed by atoms with Crippen LogP contribution in [0.5, 0.6) is 0 Å². The summed E-state index contributed by atoms with van der Waals surface area (Å²) in [6.07, 6.45) is 0. The summed E-state index contributed by atoms with van der Waals surface area (Å²) < 4.78 is 0. The molecule has 0 saturated carbocycles. The Labute approximate surface area is 125 Å². The lowest BCUT2D eigenvalue weighted by atomic mass is 10.1. The number of imide groups is 1. The number of piperazine rings is 1. The van der Waals surface area contributed by atoms with Crippen molar-refractivity contribution in [1.29, 1.82) is 0 Å². The number of anilines is 1. The molecule has 2 amide bonds. The van der Waals surface area contributed by atoms with Crippen LogP contribution in [0.2, 0.25) is 0 Å². The van der Waals surface area contributed by atoms with E-state index in [1.54, 1.807) is 0 Å².